The first kappa shape index (κ1) is 9.79. The first-order valence-electron chi connectivity index (χ1n) is 4.84. The number of likely N-dealkylation sites (tertiary alicyclic amines) is 1. The van der Waals surface area contributed by atoms with Crippen molar-refractivity contribution in [1.82, 2.24) is 4.90 Å². The summed E-state index contributed by atoms with van der Waals surface area (Å²) in [6, 6.07) is 0.718. The summed E-state index contributed by atoms with van der Waals surface area (Å²) in [4.78, 5) is 2.54. The Labute approximate surface area is 76.5 Å². The molecule has 12 heavy (non-hydrogen) atoms. The average Bonchev–Trinajstić information content (AvgIpc) is 1.92. The number of piperidine rings is 1. The Balaban J connectivity index is 2.67. The molecule has 1 unspecified atom stereocenters. The van der Waals surface area contributed by atoms with Crippen LogP contribution in [0.5, 0.6) is 0 Å². The van der Waals surface area contributed by atoms with Crippen molar-refractivity contribution >= 4 is 0 Å². The van der Waals surface area contributed by atoms with E-state index in [4.69, 9.17) is 0 Å². The number of nitrogens with zero attached hydrogens (tertiary/aromatic N) is 1. The van der Waals surface area contributed by atoms with Crippen LogP contribution in [0.15, 0.2) is 12.2 Å². The normalized spacial score (nSPS) is 27.7. The fourth-order valence-electron chi connectivity index (χ4n) is 1.94. The van der Waals surface area contributed by atoms with E-state index in [2.05, 4.69) is 39.2 Å². The van der Waals surface area contributed by atoms with E-state index in [1.54, 1.807) is 0 Å². The van der Waals surface area contributed by atoms with E-state index in [1.807, 2.05) is 0 Å². The van der Waals surface area contributed by atoms with Gasteiger partial charge in [-0.3, -0.25) is 4.90 Å². The zero-order valence-corrected chi connectivity index (χ0v) is 8.85. The zero-order valence-electron chi connectivity index (χ0n) is 8.85. The molecule has 1 rings (SSSR count). The molecule has 0 saturated carbocycles. The third-order valence-electron chi connectivity index (χ3n) is 2.70. The predicted molar refractivity (Wildman–Crippen MR) is 54.3 cm³/mol. The summed E-state index contributed by atoms with van der Waals surface area (Å²) in [5.74, 6) is 0. The van der Waals surface area contributed by atoms with Crippen LogP contribution in [0, 0.1) is 0 Å². The van der Waals surface area contributed by atoms with Gasteiger partial charge in [-0.15, -0.1) is 0 Å². The Morgan fingerprint density at radius 2 is 2.00 bits per heavy atom. The minimum Gasteiger partial charge on any atom is -0.292 e. The van der Waals surface area contributed by atoms with Crippen LogP contribution in [-0.2, 0) is 0 Å². The first-order chi connectivity index (χ1) is 5.41. The third-order valence-corrected chi connectivity index (χ3v) is 2.70. The second kappa shape index (κ2) is 3.21. The minimum atomic E-state index is 0.294. The molecule has 0 spiro atoms. The van der Waals surface area contributed by atoms with Crippen molar-refractivity contribution in [3.63, 3.8) is 0 Å². The van der Waals surface area contributed by atoms with Crippen LogP contribution in [0.3, 0.4) is 0 Å². The molecular weight excluding hydrogens is 146 g/mol. The van der Waals surface area contributed by atoms with Crippen molar-refractivity contribution in [2.45, 2.75) is 52.1 Å². The quantitative estimate of drug-likeness (QED) is 0.501. The van der Waals surface area contributed by atoms with Gasteiger partial charge in [0.05, 0.1) is 0 Å². The summed E-state index contributed by atoms with van der Waals surface area (Å²) in [6.45, 7) is 14.3. The molecule has 0 aliphatic carbocycles. The van der Waals surface area contributed by atoms with Crippen LogP contribution in [0.25, 0.3) is 0 Å². The molecule has 0 amide bonds. The molecule has 0 aromatic heterocycles. The fourth-order valence-corrected chi connectivity index (χ4v) is 1.94. The van der Waals surface area contributed by atoms with E-state index in [9.17, 15) is 0 Å². The predicted octanol–water partition coefficient (Wildman–Crippen LogP) is 2.83. The van der Waals surface area contributed by atoms with Crippen LogP contribution in [-0.4, -0.2) is 23.0 Å². The Hall–Kier alpha value is -0.300. The van der Waals surface area contributed by atoms with E-state index in [0.29, 0.717) is 5.54 Å². The van der Waals surface area contributed by atoms with Gasteiger partial charge in [0.2, 0.25) is 0 Å². The van der Waals surface area contributed by atoms with Crippen molar-refractivity contribution in [2.24, 2.45) is 0 Å². The minimum absolute atomic E-state index is 0.294. The van der Waals surface area contributed by atoms with Crippen molar-refractivity contribution in [2.75, 3.05) is 6.54 Å². The highest BCUT2D eigenvalue weighted by molar-refractivity contribution is 5.04. The van der Waals surface area contributed by atoms with E-state index >= 15 is 0 Å². The van der Waals surface area contributed by atoms with Gasteiger partial charge >= 0.3 is 0 Å². The lowest BCUT2D eigenvalue weighted by molar-refractivity contribution is 0.0820. The van der Waals surface area contributed by atoms with Gasteiger partial charge in [0.15, 0.2) is 0 Å². The highest BCUT2D eigenvalue weighted by Gasteiger charge is 2.29. The molecule has 0 aromatic rings. The van der Waals surface area contributed by atoms with E-state index < -0.39 is 0 Å². The highest BCUT2D eigenvalue weighted by Crippen LogP contribution is 2.26. The molecule has 1 heterocycles. The standard InChI is InChI=1S/C11H21N/c1-9-6-7-10(2)12(8-9)11(3,4)5/h10H,1,6-8H2,2-5H3. The average molecular weight is 167 g/mol. The summed E-state index contributed by atoms with van der Waals surface area (Å²) >= 11 is 0. The molecule has 0 N–H and O–H groups in total. The summed E-state index contributed by atoms with van der Waals surface area (Å²) in [5.41, 5.74) is 1.69. The lowest BCUT2D eigenvalue weighted by Crippen LogP contribution is -2.49. The zero-order chi connectivity index (χ0) is 9.35. The summed E-state index contributed by atoms with van der Waals surface area (Å²) in [6.07, 6.45) is 2.49. The maximum atomic E-state index is 4.07. The van der Waals surface area contributed by atoms with Crippen LogP contribution in [0.2, 0.25) is 0 Å². The maximum Gasteiger partial charge on any atom is 0.0198 e. The van der Waals surface area contributed by atoms with Crippen molar-refractivity contribution < 1.29 is 0 Å². The SMILES string of the molecule is C=C1CCC(C)N(C(C)(C)C)C1. The second-order valence-electron chi connectivity index (χ2n) is 4.94. The number of hydrogen-bond acceptors (Lipinski definition) is 1. The molecule has 1 nitrogen and oxygen atoms in total. The first-order valence-corrected chi connectivity index (χ1v) is 4.84. The molecule has 1 aliphatic rings. The van der Waals surface area contributed by atoms with E-state index in [-0.39, 0.29) is 0 Å². The van der Waals surface area contributed by atoms with Gasteiger partial charge in [-0.2, -0.15) is 0 Å². The molecular formula is C11H21N. The van der Waals surface area contributed by atoms with Crippen molar-refractivity contribution in [1.29, 1.82) is 0 Å². The second-order valence-corrected chi connectivity index (χ2v) is 4.94. The van der Waals surface area contributed by atoms with Gasteiger partial charge in [0, 0.05) is 18.1 Å². The lowest BCUT2D eigenvalue weighted by Gasteiger charge is -2.43. The Morgan fingerprint density at radius 3 is 2.42 bits per heavy atom. The fraction of sp³-hybridized carbons (Fsp3) is 0.818. The summed E-state index contributed by atoms with van der Waals surface area (Å²) < 4.78 is 0. The molecule has 1 aliphatic heterocycles. The van der Waals surface area contributed by atoms with Crippen LogP contribution >= 0.6 is 0 Å². The lowest BCUT2D eigenvalue weighted by atomic mass is 9.93. The molecule has 1 fully saturated rings. The highest BCUT2D eigenvalue weighted by atomic mass is 15.2. The Bertz CT molecular complexity index is 176. The molecule has 1 saturated heterocycles. The van der Waals surface area contributed by atoms with Gasteiger partial charge in [0.1, 0.15) is 0 Å². The third kappa shape index (κ3) is 2.10. The van der Waals surface area contributed by atoms with Crippen LogP contribution in [0.1, 0.15) is 40.5 Å². The molecule has 0 aromatic carbocycles. The maximum absolute atomic E-state index is 4.07. The summed E-state index contributed by atoms with van der Waals surface area (Å²) in [7, 11) is 0. The van der Waals surface area contributed by atoms with Gasteiger partial charge in [0.25, 0.3) is 0 Å². The molecule has 1 atom stereocenters. The smallest absolute Gasteiger partial charge is 0.0198 e. The number of rotatable bonds is 0. The summed E-state index contributed by atoms with van der Waals surface area (Å²) in [5, 5.41) is 0. The monoisotopic (exact) mass is 167 g/mol. The molecule has 0 bridgehead atoms. The Kier molecular flexibility index (Phi) is 2.62. The van der Waals surface area contributed by atoms with Gasteiger partial charge in [-0.05, 0) is 40.5 Å². The van der Waals surface area contributed by atoms with Gasteiger partial charge in [-0.25, -0.2) is 0 Å². The molecule has 1 heteroatoms. The largest absolute Gasteiger partial charge is 0.292 e. The van der Waals surface area contributed by atoms with Crippen molar-refractivity contribution in [3.05, 3.63) is 12.2 Å². The number of hydrogen-bond donors (Lipinski definition) is 0. The van der Waals surface area contributed by atoms with Crippen molar-refractivity contribution in [3.8, 4) is 0 Å². The van der Waals surface area contributed by atoms with Crippen LogP contribution < -0.4 is 0 Å². The topological polar surface area (TPSA) is 3.24 Å². The van der Waals surface area contributed by atoms with Crippen LogP contribution in [0.4, 0.5) is 0 Å². The molecule has 70 valence electrons. The van der Waals surface area contributed by atoms with E-state index in [1.165, 1.54) is 18.4 Å². The van der Waals surface area contributed by atoms with Gasteiger partial charge < -0.3 is 0 Å². The molecule has 0 radical (unpaired) electrons. The van der Waals surface area contributed by atoms with Gasteiger partial charge in [-0.1, -0.05) is 12.2 Å². The van der Waals surface area contributed by atoms with E-state index in [0.717, 1.165) is 12.6 Å². The Morgan fingerprint density at radius 1 is 1.42 bits per heavy atom.